The van der Waals surface area contributed by atoms with Crippen molar-refractivity contribution in [2.75, 3.05) is 11.9 Å². The molecule has 0 fully saturated rings. The highest BCUT2D eigenvalue weighted by atomic mass is 19.1. The number of aromatic nitrogens is 4. The lowest BCUT2D eigenvalue weighted by Gasteiger charge is -2.13. The van der Waals surface area contributed by atoms with Crippen molar-refractivity contribution in [2.45, 2.75) is 13.0 Å². The molecule has 2 aromatic carbocycles. The molecule has 2 N–H and O–H groups in total. The second kappa shape index (κ2) is 6.53. The predicted molar refractivity (Wildman–Crippen MR) is 83.7 cm³/mol. The molecule has 3 aromatic rings. The molecule has 0 amide bonds. The van der Waals surface area contributed by atoms with Crippen LogP contribution in [0.3, 0.4) is 0 Å². The van der Waals surface area contributed by atoms with Crippen molar-refractivity contribution in [3.63, 3.8) is 0 Å². The van der Waals surface area contributed by atoms with Crippen LogP contribution in [0.4, 0.5) is 10.3 Å². The molecule has 0 saturated heterocycles. The van der Waals surface area contributed by atoms with Gasteiger partial charge in [0.15, 0.2) is 0 Å². The minimum Gasteiger partial charge on any atom is -0.387 e. The normalized spacial score (nSPS) is 12.1. The van der Waals surface area contributed by atoms with Crippen molar-refractivity contribution in [2.24, 2.45) is 0 Å². The van der Waals surface area contributed by atoms with Crippen LogP contribution in [0.5, 0.6) is 0 Å². The smallest absolute Gasteiger partial charge is 0.247 e. The average Bonchev–Trinajstić information content (AvgIpc) is 3.02. The Bertz CT molecular complexity index is 787. The Morgan fingerprint density at radius 1 is 1.22 bits per heavy atom. The molecule has 7 heteroatoms. The van der Waals surface area contributed by atoms with E-state index in [-0.39, 0.29) is 12.4 Å². The van der Waals surface area contributed by atoms with E-state index in [1.54, 1.807) is 12.1 Å². The third-order valence-corrected chi connectivity index (χ3v) is 3.44. The summed E-state index contributed by atoms with van der Waals surface area (Å²) in [5.41, 5.74) is 2.44. The van der Waals surface area contributed by atoms with Crippen LogP contribution >= 0.6 is 0 Å². The van der Waals surface area contributed by atoms with E-state index in [0.717, 1.165) is 11.3 Å². The molecule has 0 aliphatic heterocycles. The Labute approximate surface area is 132 Å². The van der Waals surface area contributed by atoms with Crippen molar-refractivity contribution in [3.05, 3.63) is 65.5 Å². The fraction of sp³-hybridized carbons (Fsp3) is 0.188. The van der Waals surface area contributed by atoms with Gasteiger partial charge in [0, 0.05) is 6.54 Å². The molecule has 1 heterocycles. The monoisotopic (exact) mass is 313 g/mol. The quantitative estimate of drug-likeness (QED) is 0.755. The first-order valence-electron chi connectivity index (χ1n) is 7.16. The Kier molecular flexibility index (Phi) is 4.29. The summed E-state index contributed by atoms with van der Waals surface area (Å²) < 4.78 is 14.7. The van der Waals surface area contributed by atoms with E-state index in [9.17, 15) is 9.50 Å². The number of benzene rings is 2. The van der Waals surface area contributed by atoms with Gasteiger partial charge in [0.05, 0.1) is 11.8 Å². The molecular weight excluding hydrogens is 297 g/mol. The van der Waals surface area contributed by atoms with Crippen molar-refractivity contribution in [3.8, 4) is 5.69 Å². The van der Waals surface area contributed by atoms with Gasteiger partial charge in [-0.15, -0.1) is 0 Å². The molecule has 0 aliphatic rings. The minimum atomic E-state index is -0.867. The first-order chi connectivity index (χ1) is 11.1. The second-order valence-electron chi connectivity index (χ2n) is 5.20. The number of nitrogens with zero attached hydrogens (tertiary/aromatic N) is 4. The number of aliphatic hydroxyl groups is 1. The highest BCUT2D eigenvalue weighted by Crippen LogP contribution is 2.16. The SMILES string of the molecule is Cc1ccc(-n2nnnc2NC[C@H](O)c2cccc(F)c2)cc1. The summed E-state index contributed by atoms with van der Waals surface area (Å²) in [6.45, 7) is 2.16. The van der Waals surface area contributed by atoms with Gasteiger partial charge in [0.25, 0.3) is 0 Å². The van der Waals surface area contributed by atoms with E-state index in [2.05, 4.69) is 20.8 Å². The zero-order valence-corrected chi connectivity index (χ0v) is 12.5. The average molecular weight is 313 g/mol. The molecule has 6 nitrogen and oxygen atoms in total. The molecule has 0 unspecified atom stereocenters. The van der Waals surface area contributed by atoms with Gasteiger partial charge < -0.3 is 10.4 Å². The number of aliphatic hydroxyl groups excluding tert-OH is 1. The Balaban J connectivity index is 1.72. The maximum absolute atomic E-state index is 13.2. The van der Waals surface area contributed by atoms with Crippen LogP contribution in [-0.2, 0) is 0 Å². The fourth-order valence-electron chi connectivity index (χ4n) is 2.18. The van der Waals surface area contributed by atoms with Crippen LogP contribution in [0.1, 0.15) is 17.2 Å². The molecule has 3 rings (SSSR count). The number of halogens is 1. The number of rotatable bonds is 5. The molecule has 118 valence electrons. The largest absolute Gasteiger partial charge is 0.387 e. The molecule has 0 aliphatic carbocycles. The van der Waals surface area contributed by atoms with Gasteiger partial charge >= 0.3 is 0 Å². The van der Waals surface area contributed by atoms with Gasteiger partial charge in [-0.25, -0.2) is 4.39 Å². The van der Waals surface area contributed by atoms with Gasteiger partial charge in [-0.1, -0.05) is 34.9 Å². The Morgan fingerprint density at radius 2 is 2.00 bits per heavy atom. The lowest BCUT2D eigenvalue weighted by Crippen LogP contribution is -2.15. The van der Waals surface area contributed by atoms with Crippen LogP contribution < -0.4 is 5.32 Å². The molecular formula is C16H16FN5O. The summed E-state index contributed by atoms with van der Waals surface area (Å²) in [6.07, 6.45) is -0.867. The van der Waals surface area contributed by atoms with Crippen LogP contribution in [0, 0.1) is 12.7 Å². The van der Waals surface area contributed by atoms with Crippen LogP contribution in [-0.4, -0.2) is 31.9 Å². The summed E-state index contributed by atoms with van der Waals surface area (Å²) in [6, 6.07) is 13.6. The first-order valence-corrected chi connectivity index (χ1v) is 7.16. The van der Waals surface area contributed by atoms with Crippen LogP contribution in [0.25, 0.3) is 5.69 Å². The van der Waals surface area contributed by atoms with Crippen LogP contribution in [0.15, 0.2) is 48.5 Å². The van der Waals surface area contributed by atoms with Crippen LogP contribution in [0.2, 0.25) is 0 Å². The second-order valence-corrected chi connectivity index (χ2v) is 5.20. The summed E-state index contributed by atoms with van der Waals surface area (Å²) >= 11 is 0. The summed E-state index contributed by atoms with van der Waals surface area (Å²) in [7, 11) is 0. The van der Waals surface area contributed by atoms with Crippen molar-refractivity contribution >= 4 is 5.95 Å². The number of anilines is 1. The highest BCUT2D eigenvalue weighted by molar-refractivity contribution is 5.40. The number of aryl methyl sites for hydroxylation is 1. The van der Waals surface area contributed by atoms with Crippen molar-refractivity contribution in [1.29, 1.82) is 0 Å². The molecule has 1 aromatic heterocycles. The lowest BCUT2D eigenvalue weighted by molar-refractivity contribution is 0.191. The van der Waals surface area contributed by atoms with Gasteiger partial charge in [0.2, 0.25) is 5.95 Å². The zero-order valence-electron chi connectivity index (χ0n) is 12.5. The van der Waals surface area contributed by atoms with E-state index >= 15 is 0 Å². The van der Waals surface area contributed by atoms with E-state index in [0.29, 0.717) is 11.5 Å². The van der Waals surface area contributed by atoms with Gasteiger partial charge in [-0.05, 0) is 47.2 Å². The number of hydrogen-bond donors (Lipinski definition) is 2. The molecule has 0 spiro atoms. The number of tetrazole rings is 1. The molecule has 0 radical (unpaired) electrons. The highest BCUT2D eigenvalue weighted by Gasteiger charge is 2.12. The van der Waals surface area contributed by atoms with E-state index in [4.69, 9.17) is 0 Å². The first kappa shape index (κ1) is 15.1. The van der Waals surface area contributed by atoms with Crippen molar-refractivity contribution < 1.29 is 9.50 Å². The third kappa shape index (κ3) is 3.51. The van der Waals surface area contributed by atoms with Gasteiger partial charge in [0.1, 0.15) is 5.82 Å². The van der Waals surface area contributed by atoms with E-state index in [1.807, 2.05) is 31.2 Å². The topological polar surface area (TPSA) is 75.9 Å². The zero-order chi connectivity index (χ0) is 16.2. The lowest BCUT2D eigenvalue weighted by atomic mass is 10.1. The molecule has 1 atom stereocenters. The summed E-state index contributed by atoms with van der Waals surface area (Å²) in [4.78, 5) is 0. The summed E-state index contributed by atoms with van der Waals surface area (Å²) in [5, 5.41) is 24.6. The van der Waals surface area contributed by atoms with Gasteiger partial charge in [-0.3, -0.25) is 0 Å². The number of nitrogens with one attached hydrogen (secondary N) is 1. The standard InChI is InChI=1S/C16H16FN5O/c1-11-5-7-14(8-6-11)22-16(19-20-21-22)18-10-15(23)12-3-2-4-13(17)9-12/h2-9,15,23H,10H2,1H3,(H,18,19,21)/t15-/m0/s1. The van der Waals surface area contributed by atoms with E-state index in [1.165, 1.54) is 16.8 Å². The third-order valence-electron chi connectivity index (χ3n) is 3.44. The molecule has 0 bridgehead atoms. The summed E-state index contributed by atoms with van der Waals surface area (Å²) in [5.74, 6) is 0.0235. The van der Waals surface area contributed by atoms with Gasteiger partial charge in [-0.2, -0.15) is 4.68 Å². The predicted octanol–water partition coefficient (Wildman–Crippen LogP) is 2.26. The maximum atomic E-state index is 13.2. The minimum absolute atomic E-state index is 0.162. The fourth-order valence-corrected chi connectivity index (χ4v) is 2.18. The Hall–Kier alpha value is -2.80. The molecule has 23 heavy (non-hydrogen) atoms. The number of hydrogen-bond acceptors (Lipinski definition) is 5. The Morgan fingerprint density at radius 3 is 2.74 bits per heavy atom. The maximum Gasteiger partial charge on any atom is 0.247 e. The van der Waals surface area contributed by atoms with E-state index < -0.39 is 6.10 Å². The molecule has 0 saturated carbocycles. The van der Waals surface area contributed by atoms with Crippen molar-refractivity contribution in [1.82, 2.24) is 20.2 Å².